The van der Waals surface area contributed by atoms with Crippen molar-refractivity contribution in [2.75, 3.05) is 0 Å². The lowest BCUT2D eigenvalue weighted by Gasteiger charge is -2.33. The third-order valence-corrected chi connectivity index (χ3v) is 1.63. The third kappa shape index (κ3) is 2.94. The Bertz CT molecular complexity index is 293. The summed E-state index contributed by atoms with van der Waals surface area (Å²) in [7, 11) is 0. The lowest BCUT2D eigenvalue weighted by Crippen LogP contribution is -2.61. The van der Waals surface area contributed by atoms with Gasteiger partial charge in [-0.1, -0.05) is 0 Å². The molecule has 0 unspecified atom stereocenters. The van der Waals surface area contributed by atoms with Crippen LogP contribution in [0.3, 0.4) is 0 Å². The highest BCUT2D eigenvalue weighted by Gasteiger charge is 2.82. The Morgan fingerprint density at radius 2 is 0.833 bits per heavy atom. The van der Waals surface area contributed by atoms with Gasteiger partial charge in [-0.15, -0.1) is 0 Å². The topological polar surface area (TPSA) is 0 Å². The van der Waals surface area contributed by atoms with Crippen LogP contribution in [0, 0.1) is 0 Å². The van der Waals surface area contributed by atoms with Crippen molar-refractivity contribution in [3.8, 4) is 0 Å². The van der Waals surface area contributed by atoms with Gasteiger partial charge in [0.05, 0.1) is 0 Å². The lowest BCUT2D eigenvalue weighted by atomic mass is 10.0. The molecular formula is C6H2F12. The molecule has 0 heterocycles. The Hall–Kier alpha value is -0.840. The molecule has 0 spiro atoms. The molecule has 0 aliphatic heterocycles. The molecular weight excluding hydrogens is 300 g/mol. The molecule has 12 heteroatoms. The van der Waals surface area contributed by atoms with Crippen molar-refractivity contribution in [1.82, 2.24) is 0 Å². The maximum Gasteiger partial charge on any atom is 0.460 e. The zero-order valence-electron chi connectivity index (χ0n) is 7.74. The number of halogens is 12. The van der Waals surface area contributed by atoms with E-state index in [4.69, 9.17) is 0 Å². The van der Waals surface area contributed by atoms with Gasteiger partial charge in [0.1, 0.15) is 6.42 Å². The highest BCUT2D eigenvalue weighted by molar-refractivity contribution is 5.01. The first-order chi connectivity index (χ1) is 7.46. The average Bonchev–Trinajstić information content (AvgIpc) is 1.95. The van der Waals surface area contributed by atoms with Gasteiger partial charge in [-0.25, -0.2) is 0 Å². The maximum absolute atomic E-state index is 12.3. The van der Waals surface area contributed by atoms with Crippen molar-refractivity contribution in [2.45, 2.75) is 36.5 Å². The van der Waals surface area contributed by atoms with E-state index < -0.39 is 36.5 Å². The predicted octanol–water partition coefficient (Wildman–Crippen LogP) is 4.41. The summed E-state index contributed by atoms with van der Waals surface area (Å²) in [5, 5.41) is 0. The van der Waals surface area contributed by atoms with Crippen LogP contribution in [0.5, 0.6) is 0 Å². The molecule has 0 N–H and O–H groups in total. The highest BCUT2D eigenvalue weighted by atomic mass is 19.4. The summed E-state index contributed by atoms with van der Waals surface area (Å²) in [6.45, 7) is 0. The van der Waals surface area contributed by atoms with Crippen LogP contribution in [0.15, 0.2) is 0 Å². The van der Waals surface area contributed by atoms with E-state index in [1.807, 2.05) is 0 Å². The van der Waals surface area contributed by atoms with Crippen molar-refractivity contribution in [1.29, 1.82) is 0 Å². The molecule has 0 saturated carbocycles. The average molecular weight is 302 g/mol. The molecule has 0 amide bonds. The van der Waals surface area contributed by atoms with Crippen LogP contribution < -0.4 is 0 Å². The van der Waals surface area contributed by atoms with Crippen LogP contribution in [0.2, 0.25) is 0 Å². The lowest BCUT2D eigenvalue weighted by molar-refractivity contribution is -0.403. The molecule has 0 aliphatic rings. The number of hydrogen-bond donors (Lipinski definition) is 0. The van der Waals surface area contributed by atoms with Gasteiger partial charge in [0, 0.05) is 0 Å². The van der Waals surface area contributed by atoms with Crippen LogP contribution in [-0.2, 0) is 0 Å². The minimum Gasteiger partial charge on any atom is -0.199 e. The second-order valence-corrected chi connectivity index (χ2v) is 3.14. The van der Waals surface area contributed by atoms with E-state index >= 15 is 0 Å². The van der Waals surface area contributed by atoms with Crippen molar-refractivity contribution in [2.24, 2.45) is 0 Å². The Kier molecular flexibility index (Phi) is 3.89. The van der Waals surface area contributed by atoms with Crippen molar-refractivity contribution < 1.29 is 52.7 Å². The summed E-state index contributed by atoms with van der Waals surface area (Å²) >= 11 is 0. The molecule has 18 heavy (non-hydrogen) atoms. The quantitative estimate of drug-likeness (QED) is 0.678. The van der Waals surface area contributed by atoms with E-state index in [9.17, 15) is 52.7 Å². The summed E-state index contributed by atoms with van der Waals surface area (Å²) < 4.78 is 142. The Labute approximate surface area is 90.6 Å². The fourth-order valence-electron chi connectivity index (χ4n) is 0.770. The summed E-state index contributed by atoms with van der Waals surface area (Å²) in [6, 6.07) is 0. The number of hydrogen-bond acceptors (Lipinski definition) is 0. The zero-order chi connectivity index (χ0) is 15.2. The number of rotatable bonds is 3. The largest absolute Gasteiger partial charge is 0.460 e. The van der Waals surface area contributed by atoms with Crippen LogP contribution in [-0.4, -0.2) is 30.1 Å². The van der Waals surface area contributed by atoms with Gasteiger partial charge in [0.25, 0.3) is 0 Å². The second-order valence-electron chi connectivity index (χ2n) is 3.14. The summed E-state index contributed by atoms with van der Waals surface area (Å²) in [5.41, 5.74) is 0. The molecule has 0 fully saturated rings. The van der Waals surface area contributed by atoms with Crippen LogP contribution in [0.1, 0.15) is 6.42 Å². The molecule has 0 saturated heterocycles. The van der Waals surface area contributed by atoms with Crippen molar-refractivity contribution in [3.05, 3.63) is 0 Å². The molecule has 0 aromatic rings. The minimum atomic E-state index is -7.30. The van der Waals surface area contributed by atoms with Crippen LogP contribution >= 0.6 is 0 Å². The van der Waals surface area contributed by atoms with E-state index in [2.05, 4.69) is 0 Å². The smallest absolute Gasteiger partial charge is 0.199 e. The molecule has 0 aromatic heterocycles. The molecule has 0 nitrogen and oxygen atoms in total. The Morgan fingerprint density at radius 3 is 1.06 bits per heavy atom. The van der Waals surface area contributed by atoms with Gasteiger partial charge in [0.2, 0.25) is 0 Å². The summed E-state index contributed by atoms with van der Waals surface area (Å²) in [5.74, 6) is -21.1. The zero-order valence-corrected chi connectivity index (χ0v) is 7.74. The highest BCUT2D eigenvalue weighted by Crippen LogP contribution is 2.55. The normalized spacial score (nSPS) is 16.0. The molecule has 0 rings (SSSR count). The van der Waals surface area contributed by atoms with Crippen LogP contribution in [0.4, 0.5) is 52.7 Å². The van der Waals surface area contributed by atoms with Gasteiger partial charge in [-0.3, -0.25) is 0 Å². The van der Waals surface area contributed by atoms with Gasteiger partial charge < -0.3 is 0 Å². The van der Waals surface area contributed by atoms with E-state index in [1.165, 1.54) is 0 Å². The van der Waals surface area contributed by atoms with Gasteiger partial charge in [-0.05, 0) is 0 Å². The van der Waals surface area contributed by atoms with E-state index in [0.29, 0.717) is 0 Å². The van der Waals surface area contributed by atoms with Crippen molar-refractivity contribution in [3.63, 3.8) is 0 Å². The summed E-state index contributed by atoms with van der Waals surface area (Å²) in [4.78, 5) is 0. The Balaban J connectivity index is 5.50. The third-order valence-electron chi connectivity index (χ3n) is 1.63. The van der Waals surface area contributed by atoms with Gasteiger partial charge >= 0.3 is 30.1 Å². The maximum atomic E-state index is 12.3. The second kappa shape index (κ2) is 4.08. The molecule has 0 radical (unpaired) electrons. The first-order valence-corrected chi connectivity index (χ1v) is 3.72. The standard InChI is InChI=1S/C6H2F12/c7-2(8,1-3(9,10)11)4(12,13)5(14,15)6(16,17)18/h1H2. The first kappa shape index (κ1) is 17.2. The first-order valence-electron chi connectivity index (χ1n) is 3.72. The van der Waals surface area contributed by atoms with Gasteiger partial charge in [-0.2, -0.15) is 52.7 Å². The summed E-state index contributed by atoms with van der Waals surface area (Å²) in [6.07, 6.45) is -17.0. The SMILES string of the molecule is FC(F)(F)CC(F)(F)C(F)(F)C(F)(F)C(F)(F)F. The minimum absolute atomic E-state index is 3.81. The van der Waals surface area contributed by atoms with Crippen molar-refractivity contribution >= 4 is 0 Å². The molecule has 0 atom stereocenters. The van der Waals surface area contributed by atoms with E-state index in [1.54, 1.807) is 0 Å². The fraction of sp³-hybridized carbons (Fsp3) is 1.00. The van der Waals surface area contributed by atoms with Crippen LogP contribution in [0.25, 0.3) is 0 Å². The molecule has 110 valence electrons. The number of alkyl halides is 12. The molecule has 0 aliphatic carbocycles. The monoisotopic (exact) mass is 302 g/mol. The van der Waals surface area contributed by atoms with E-state index in [-0.39, 0.29) is 0 Å². The Morgan fingerprint density at radius 1 is 0.500 bits per heavy atom. The fourth-order valence-corrected chi connectivity index (χ4v) is 0.770. The van der Waals surface area contributed by atoms with Gasteiger partial charge in [0.15, 0.2) is 0 Å². The molecule has 0 aromatic carbocycles. The molecule has 0 bridgehead atoms. The predicted molar refractivity (Wildman–Crippen MR) is 31.6 cm³/mol. The van der Waals surface area contributed by atoms with E-state index in [0.717, 1.165) is 0 Å².